The zero-order valence-corrected chi connectivity index (χ0v) is 30.7. The van der Waals surface area contributed by atoms with Gasteiger partial charge in [0.25, 0.3) is 17.7 Å². The first-order chi connectivity index (χ1) is 25.6. The van der Waals surface area contributed by atoms with E-state index < -0.39 is 17.8 Å². The van der Waals surface area contributed by atoms with E-state index in [1.165, 1.54) is 30.0 Å². The molecule has 3 aliphatic rings. The van der Waals surface area contributed by atoms with Crippen LogP contribution < -0.4 is 16.1 Å². The van der Waals surface area contributed by atoms with Gasteiger partial charge >= 0.3 is 5.97 Å². The number of nitrogens with zero attached hydrogens (tertiary/aromatic N) is 1. The minimum Gasteiger partial charge on any atom is -0.508 e. The molecule has 5 rings (SSSR count). The monoisotopic (exact) mass is 743 g/mol. The number of hydrogen-bond acceptors (Lipinski definition) is 10. The van der Waals surface area contributed by atoms with E-state index in [0.717, 1.165) is 79.0 Å². The molecule has 280 valence electrons. The number of nitrogens with one attached hydrogen (secondary N) is 2. The average molecular weight is 744 g/mol. The Morgan fingerprint density at radius 2 is 1.49 bits per heavy atom. The molecule has 0 aromatic heterocycles. The highest BCUT2D eigenvalue weighted by Gasteiger charge is 2.32. The normalized spacial score (nSPS) is 12.8. The van der Waals surface area contributed by atoms with Gasteiger partial charge in [-0.05, 0) is 67.3 Å². The van der Waals surface area contributed by atoms with E-state index in [9.17, 15) is 33.9 Å². The second-order valence-corrected chi connectivity index (χ2v) is 14.2. The summed E-state index contributed by atoms with van der Waals surface area (Å²) in [7, 11) is 0. The van der Waals surface area contributed by atoms with Crippen LogP contribution in [0, 0.1) is 6.92 Å². The van der Waals surface area contributed by atoms with E-state index in [0.29, 0.717) is 40.8 Å². The highest BCUT2D eigenvalue weighted by molar-refractivity contribution is 7.99. The molecular weight excluding hydrogens is 699 g/mol. The minimum absolute atomic E-state index is 0.00173. The fourth-order valence-electron chi connectivity index (χ4n) is 6.20. The summed E-state index contributed by atoms with van der Waals surface area (Å²) in [4.78, 5) is 76.9. The van der Waals surface area contributed by atoms with Gasteiger partial charge in [0.15, 0.2) is 5.43 Å². The molecule has 53 heavy (non-hydrogen) atoms. The number of imide groups is 1. The van der Waals surface area contributed by atoms with Crippen LogP contribution in [0.4, 0.5) is 0 Å². The highest BCUT2D eigenvalue weighted by atomic mass is 32.2. The number of carbonyl (C=O) groups is 5. The number of carbonyl (C=O) groups excluding carboxylic acids is 5. The molecule has 12 nitrogen and oxygen atoms in total. The van der Waals surface area contributed by atoms with Crippen molar-refractivity contribution in [2.75, 3.05) is 24.6 Å². The summed E-state index contributed by atoms with van der Waals surface area (Å²) in [6, 6.07) is 15.2. The average Bonchev–Trinajstić information content (AvgIpc) is 3.45. The molecule has 0 unspecified atom stereocenters. The van der Waals surface area contributed by atoms with Crippen LogP contribution in [-0.4, -0.2) is 64.4 Å². The number of rotatable bonds is 19. The van der Waals surface area contributed by atoms with Gasteiger partial charge in [-0.3, -0.25) is 24.0 Å². The molecule has 3 N–H and O–H groups in total. The summed E-state index contributed by atoms with van der Waals surface area (Å²) in [5.74, 6) is -0.909. The predicted octanol–water partition coefficient (Wildman–Crippen LogP) is 6.28. The molecule has 1 fully saturated rings. The maximum absolute atomic E-state index is 13.2. The Hall–Kier alpha value is -5.17. The van der Waals surface area contributed by atoms with E-state index in [4.69, 9.17) is 9.25 Å². The van der Waals surface area contributed by atoms with E-state index in [-0.39, 0.29) is 48.0 Å². The number of unbranched alkanes of at least 4 members (excludes halogenated alkanes) is 7. The lowest BCUT2D eigenvalue weighted by atomic mass is 9.90. The van der Waals surface area contributed by atoms with Gasteiger partial charge in [0.05, 0.1) is 12.2 Å². The van der Waals surface area contributed by atoms with E-state index in [2.05, 4.69) is 10.6 Å². The molecule has 0 bridgehead atoms. The summed E-state index contributed by atoms with van der Waals surface area (Å²) in [5, 5.41) is 17.3. The van der Waals surface area contributed by atoms with Crippen molar-refractivity contribution in [1.29, 1.82) is 0 Å². The maximum Gasteiger partial charge on any atom is 0.334 e. The first-order valence-corrected chi connectivity index (χ1v) is 19.3. The fourth-order valence-corrected chi connectivity index (χ4v) is 6.94. The zero-order valence-electron chi connectivity index (χ0n) is 29.9. The third kappa shape index (κ3) is 10.9. The van der Waals surface area contributed by atoms with Crippen LogP contribution in [0.15, 0.2) is 63.8 Å². The smallest absolute Gasteiger partial charge is 0.334 e. The molecule has 13 heteroatoms. The van der Waals surface area contributed by atoms with Gasteiger partial charge in [-0.25, -0.2) is 4.79 Å². The Kier molecular flexibility index (Phi) is 14.0. The molecule has 4 amide bonds. The second-order valence-electron chi connectivity index (χ2n) is 13.1. The lowest BCUT2D eigenvalue weighted by Gasteiger charge is -2.17. The van der Waals surface area contributed by atoms with Crippen LogP contribution in [0.5, 0.6) is 5.75 Å². The largest absolute Gasteiger partial charge is 0.508 e. The van der Waals surface area contributed by atoms with Crippen molar-refractivity contribution in [3.63, 3.8) is 0 Å². The molecular formula is C40H45N3O9S. The quantitative estimate of drug-likeness (QED) is 0.0564. The van der Waals surface area contributed by atoms with Crippen molar-refractivity contribution in [2.24, 2.45) is 0 Å². The highest BCUT2D eigenvalue weighted by Crippen LogP contribution is 2.42. The van der Waals surface area contributed by atoms with Crippen molar-refractivity contribution in [3.8, 4) is 28.2 Å². The molecule has 0 atom stereocenters. The van der Waals surface area contributed by atoms with Crippen LogP contribution >= 0.6 is 11.8 Å². The molecule has 0 radical (unpaired) electrons. The molecule has 1 saturated heterocycles. The Morgan fingerprint density at radius 3 is 2.21 bits per heavy atom. The topological polar surface area (TPSA) is 172 Å². The van der Waals surface area contributed by atoms with E-state index >= 15 is 0 Å². The van der Waals surface area contributed by atoms with E-state index in [1.54, 1.807) is 18.2 Å². The number of hydroxylamine groups is 2. The molecule has 2 aromatic carbocycles. The number of aromatic hydroxyl groups is 1. The van der Waals surface area contributed by atoms with Crippen molar-refractivity contribution < 1.29 is 38.3 Å². The van der Waals surface area contributed by atoms with Gasteiger partial charge < -0.3 is 25.0 Å². The molecule has 1 aliphatic carbocycles. The molecule has 2 aliphatic heterocycles. The molecule has 0 spiro atoms. The third-order valence-electron chi connectivity index (χ3n) is 9.04. The number of thioether (sulfide) groups is 1. The van der Waals surface area contributed by atoms with Crippen molar-refractivity contribution in [1.82, 2.24) is 15.7 Å². The standard InChI is InChI=1S/C40H45N3O9S/c1-26-10-11-27(22-32(26)39-30-14-12-28(44)23-33(30)51-34-24-29(45)13-15-31(34)39)40(50)42-20-9-7-5-3-2-4-6-8-19-41-35(46)25-53-21-18-38(49)52-43-36(47)16-17-37(43)48/h10-15,22-24,44H,2-9,16-21,25H2,1H3,(H,41,46)(H,42,50). The summed E-state index contributed by atoms with van der Waals surface area (Å²) >= 11 is 1.29. The molecule has 2 heterocycles. The van der Waals surface area contributed by atoms with Crippen LogP contribution in [0.25, 0.3) is 33.4 Å². The second kappa shape index (κ2) is 19.1. The fraction of sp³-hybridized carbons (Fsp3) is 0.400. The number of fused-ring (bicyclic) bond motifs is 2. The van der Waals surface area contributed by atoms with Gasteiger partial charge in [-0.2, -0.15) is 11.8 Å². The molecule has 0 saturated carbocycles. The van der Waals surface area contributed by atoms with Crippen molar-refractivity contribution in [3.05, 3.63) is 75.9 Å². The predicted molar refractivity (Wildman–Crippen MR) is 202 cm³/mol. The Bertz CT molecular complexity index is 1980. The zero-order chi connectivity index (χ0) is 37.7. The number of aryl methyl sites for hydroxylation is 1. The third-order valence-corrected chi connectivity index (χ3v) is 10.00. The summed E-state index contributed by atoms with van der Waals surface area (Å²) in [5.41, 5.74) is 4.19. The Labute approximate surface area is 311 Å². The van der Waals surface area contributed by atoms with Crippen LogP contribution in [-0.2, 0) is 24.0 Å². The van der Waals surface area contributed by atoms with Crippen LogP contribution in [0.1, 0.15) is 86.6 Å². The van der Waals surface area contributed by atoms with Gasteiger partial charge in [0.1, 0.15) is 17.1 Å². The Balaban J connectivity index is 0.935. The van der Waals surface area contributed by atoms with E-state index in [1.807, 2.05) is 25.1 Å². The van der Waals surface area contributed by atoms with Crippen LogP contribution in [0.3, 0.4) is 0 Å². The van der Waals surface area contributed by atoms with Crippen molar-refractivity contribution >= 4 is 52.3 Å². The van der Waals surface area contributed by atoms with Crippen LogP contribution in [0.2, 0.25) is 0 Å². The lowest BCUT2D eigenvalue weighted by molar-refractivity contribution is -0.197. The number of benzene rings is 3. The van der Waals surface area contributed by atoms with Crippen molar-refractivity contribution in [2.45, 2.75) is 77.6 Å². The van der Waals surface area contributed by atoms with Gasteiger partial charge in [-0.15, -0.1) is 5.06 Å². The first kappa shape index (κ1) is 39.0. The van der Waals surface area contributed by atoms with Gasteiger partial charge in [0.2, 0.25) is 5.91 Å². The molecule has 2 aromatic rings. The summed E-state index contributed by atoms with van der Waals surface area (Å²) in [6.07, 6.45) is 8.29. The maximum atomic E-state index is 13.2. The lowest BCUT2D eigenvalue weighted by Crippen LogP contribution is -2.32. The summed E-state index contributed by atoms with van der Waals surface area (Å²) in [6.45, 7) is 3.15. The Morgan fingerprint density at radius 1 is 0.811 bits per heavy atom. The van der Waals surface area contributed by atoms with Gasteiger partial charge in [0, 0.05) is 65.9 Å². The van der Waals surface area contributed by atoms with Gasteiger partial charge in [-0.1, -0.05) is 44.6 Å². The number of amides is 4. The number of phenols is 1. The minimum atomic E-state index is -0.669. The SMILES string of the molecule is Cc1ccc(C(=O)NCCCCCCCCCCNC(=O)CSCCC(=O)ON2C(=O)CCC2=O)cc1-c1c2ccc(=O)cc-2oc2cc(O)ccc12. The number of hydrogen-bond donors (Lipinski definition) is 3. The number of phenolic OH excluding ortho intramolecular Hbond substituents is 1. The first-order valence-electron chi connectivity index (χ1n) is 18.1. The summed E-state index contributed by atoms with van der Waals surface area (Å²) < 4.78 is 5.98.